The second kappa shape index (κ2) is 6.51. The molecule has 2 aromatic heterocycles. The van der Waals surface area contributed by atoms with Crippen LogP contribution in [0.3, 0.4) is 0 Å². The molecule has 1 aromatic carbocycles. The van der Waals surface area contributed by atoms with E-state index in [4.69, 9.17) is 0 Å². The number of phenols is 1. The van der Waals surface area contributed by atoms with Crippen LogP contribution in [0.2, 0.25) is 0 Å². The van der Waals surface area contributed by atoms with Crippen molar-refractivity contribution in [1.29, 1.82) is 0 Å². The lowest BCUT2D eigenvalue weighted by Crippen LogP contribution is -2.10. The number of benzene rings is 1. The number of thiazole rings is 1. The molecule has 5 heteroatoms. The van der Waals surface area contributed by atoms with Crippen molar-refractivity contribution in [2.24, 2.45) is 0 Å². The lowest BCUT2D eigenvalue weighted by atomic mass is 10.3. The predicted molar refractivity (Wildman–Crippen MR) is 95.8 cm³/mol. The summed E-state index contributed by atoms with van der Waals surface area (Å²) >= 11 is 1.52. The van der Waals surface area contributed by atoms with Gasteiger partial charge in [-0.2, -0.15) is 0 Å². The van der Waals surface area contributed by atoms with E-state index >= 15 is 0 Å². The average Bonchev–Trinajstić information content (AvgIpc) is 2.94. The highest BCUT2D eigenvalue weighted by atomic mass is 32.1. The molecule has 0 radical (unpaired) electrons. The molecule has 0 saturated carbocycles. The van der Waals surface area contributed by atoms with Crippen molar-refractivity contribution in [1.82, 2.24) is 9.97 Å². The molecular formula is C18H15N3OS. The molecular weight excluding hydrogens is 306 g/mol. The molecule has 1 N–H and O–H groups in total. The number of hydrogen-bond acceptors (Lipinski definition) is 5. The number of anilines is 1. The van der Waals surface area contributed by atoms with Gasteiger partial charge in [-0.05, 0) is 42.5 Å². The fraction of sp³-hybridized carbons (Fsp3) is 0.111. The smallest absolute Gasteiger partial charge is 0.128 e. The van der Waals surface area contributed by atoms with Gasteiger partial charge in [-0.15, -0.1) is 11.3 Å². The van der Waals surface area contributed by atoms with Gasteiger partial charge in [0.2, 0.25) is 0 Å². The average molecular weight is 321 g/mol. The van der Waals surface area contributed by atoms with Gasteiger partial charge in [-0.25, -0.2) is 9.97 Å². The van der Waals surface area contributed by atoms with Gasteiger partial charge in [0, 0.05) is 25.9 Å². The van der Waals surface area contributed by atoms with Gasteiger partial charge in [0.05, 0.1) is 10.2 Å². The molecule has 4 nitrogen and oxygen atoms in total. The fourth-order valence-electron chi connectivity index (χ4n) is 1.96. The van der Waals surface area contributed by atoms with E-state index < -0.39 is 0 Å². The second-order valence-electron chi connectivity index (χ2n) is 5.11. The molecule has 0 aliphatic heterocycles. The van der Waals surface area contributed by atoms with Crippen LogP contribution in [-0.2, 0) is 0 Å². The normalized spacial score (nSPS) is 10.7. The first-order valence-electron chi connectivity index (χ1n) is 7.03. The van der Waals surface area contributed by atoms with E-state index in [1.54, 1.807) is 24.4 Å². The minimum absolute atomic E-state index is 0.255. The van der Waals surface area contributed by atoms with Crippen LogP contribution >= 0.6 is 11.3 Å². The standard InChI is InChI=1S/C18H15N3OS/c1-21(2)17-10-7-13(12-19-17)5-3-4-6-18-20-15-9-8-14(22)11-16(15)23-18/h4,6-12,22H,1-2H3/b6-4+. The maximum atomic E-state index is 9.46. The third-order valence-corrected chi connectivity index (χ3v) is 4.10. The van der Waals surface area contributed by atoms with Gasteiger partial charge in [-0.3, -0.25) is 0 Å². The first-order valence-corrected chi connectivity index (χ1v) is 7.84. The number of allylic oxidation sites excluding steroid dienone is 1. The monoisotopic (exact) mass is 321 g/mol. The molecule has 114 valence electrons. The number of pyridine rings is 1. The van der Waals surface area contributed by atoms with Crippen molar-refractivity contribution in [2.45, 2.75) is 0 Å². The highest BCUT2D eigenvalue weighted by molar-refractivity contribution is 7.19. The molecule has 0 aliphatic carbocycles. The third-order valence-electron chi connectivity index (χ3n) is 3.12. The van der Waals surface area contributed by atoms with Gasteiger partial charge in [0.1, 0.15) is 16.6 Å². The SMILES string of the molecule is CN(C)c1ccc(C#C/C=C/c2nc3ccc(O)cc3s2)cn1. The van der Waals surface area contributed by atoms with E-state index in [9.17, 15) is 5.11 Å². The van der Waals surface area contributed by atoms with Crippen molar-refractivity contribution < 1.29 is 5.11 Å². The molecule has 0 aliphatic rings. The summed E-state index contributed by atoms with van der Waals surface area (Å²) in [5.41, 5.74) is 1.75. The number of aromatic hydroxyl groups is 1. The topological polar surface area (TPSA) is 49.2 Å². The van der Waals surface area contributed by atoms with Crippen molar-refractivity contribution in [3.05, 3.63) is 53.2 Å². The Balaban J connectivity index is 1.73. The molecule has 0 bridgehead atoms. The number of nitrogens with zero attached hydrogens (tertiary/aromatic N) is 3. The molecule has 0 saturated heterocycles. The molecule has 2 heterocycles. The van der Waals surface area contributed by atoms with Crippen LogP contribution in [0, 0.1) is 11.8 Å². The quantitative estimate of drug-likeness (QED) is 0.734. The van der Waals surface area contributed by atoms with Crippen LogP contribution in [0.1, 0.15) is 10.6 Å². The first kappa shape index (κ1) is 15.1. The number of rotatable bonds is 2. The lowest BCUT2D eigenvalue weighted by molar-refractivity contribution is 0.476. The number of phenolic OH excluding ortho intramolecular Hbond substituents is 1. The molecule has 0 amide bonds. The Morgan fingerprint density at radius 2 is 2.09 bits per heavy atom. The van der Waals surface area contributed by atoms with Crippen molar-refractivity contribution >= 4 is 33.4 Å². The van der Waals surface area contributed by atoms with E-state index in [0.29, 0.717) is 0 Å². The summed E-state index contributed by atoms with van der Waals surface area (Å²) < 4.78 is 0.959. The van der Waals surface area contributed by atoms with Crippen molar-refractivity contribution in [2.75, 3.05) is 19.0 Å². The summed E-state index contributed by atoms with van der Waals surface area (Å²) in [6.45, 7) is 0. The Bertz CT molecular complexity index is 915. The molecule has 3 rings (SSSR count). The highest BCUT2D eigenvalue weighted by Gasteiger charge is 2.01. The van der Waals surface area contributed by atoms with Crippen LogP contribution in [0.15, 0.2) is 42.6 Å². The molecule has 0 spiro atoms. The van der Waals surface area contributed by atoms with Gasteiger partial charge >= 0.3 is 0 Å². The number of aromatic nitrogens is 2. The van der Waals surface area contributed by atoms with Crippen molar-refractivity contribution in [3.63, 3.8) is 0 Å². The molecule has 0 fully saturated rings. The second-order valence-corrected chi connectivity index (χ2v) is 6.17. The number of fused-ring (bicyclic) bond motifs is 1. The Morgan fingerprint density at radius 3 is 2.83 bits per heavy atom. The van der Waals surface area contributed by atoms with Crippen molar-refractivity contribution in [3.8, 4) is 17.6 Å². The zero-order chi connectivity index (χ0) is 16.2. The Morgan fingerprint density at radius 1 is 1.22 bits per heavy atom. The third kappa shape index (κ3) is 3.68. The molecule has 0 atom stereocenters. The summed E-state index contributed by atoms with van der Waals surface area (Å²) in [6.07, 6.45) is 5.41. The van der Waals surface area contributed by atoms with Gasteiger partial charge in [-0.1, -0.05) is 11.8 Å². The molecule has 23 heavy (non-hydrogen) atoms. The Kier molecular flexibility index (Phi) is 4.26. The minimum atomic E-state index is 0.255. The van der Waals surface area contributed by atoms with Crippen LogP contribution in [0.4, 0.5) is 5.82 Å². The molecule has 0 unspecified atom stereocenters. The van der Waals surface area contributed by atoms with Gasteiger partial charge in [0.15, 0.2) is 0 Å². The Labute approximate surface area is 138 Å². The fourth-order valence-corrected chi connectivity index (χ4v) is 2.87. The van der Waals surface area contributed by atoms with Crippen LogP contribution in [-0.4, -0.2) is 29.2 Å². The predicted octanol–water partition coefficient (Wildman–Crippen LogP) is 3.53. The number of hydrogen-bond donors (Lipinski definition) is 1. The van der Waals surface area contributed by atoms with E-state index in [0.717, 1.165) is 26.6 Å². The van der Waals surface area contributed by atoms with E-state index in [-0.39, 0.29) is 5.75 Å². The first-order chi connectivity index (χ1) is 11.1. The summed E-state index contributed by atoms with van der Waals surface area (Å²) in [4.78, 5) is 10.7. The summed E-state index contributed by atoms with van der Waals surface area (Å²) in [5, 5.41) is 10.3. The summed E-state index contributed by atoms with van der Waals surface area (Å²) in [5.74, 6) is 7.19. The minimum Gasteiger partial charge on any atom is -0.508 e. The van der Waals surface area contributed by atoms with E-state index in [1.807, 2.05) is 43.3 Å². The van der Waals surface area contributed by atoms with Crippen LogP contribution < -0.4 is 4.90 Å². The zero-order valence-electron chi connectivity index (χ0n) is 12.8. The molecule has 3 aromatic rings. The largest absolute Gasteiger partial charge is 0.508 e. The maximum Gasteiger partial charge on any atom is 0.128 e. The van der Waals surface area contributed by atoms with Gasteiger partial charge < -0.3 is 10.0 Å². The maximum absolute atomic E-state index is 9.46. The lowest BCUT2D eigenvalue weighted by Gasteiger charge is -2.09. The van der Waals surface area contributed by atoms with Crippen LogP contribution in [0.5, 0.6) is 5.75 Å². The summed E-state index contributed by atoms with van der Waals surface area (Å²) in [6, 6.07) is 9.05. The Hall–Kier alpha value is -2.84. The summed E-state index contributed by atoms with van der Waals surface area (Å²) in [7, 11) is 3.91. The van der Waals surface area contributed by atoms with E-state index in [1.165, 1.54) is 11.3 Å². The zero-order valence-corrected chi connectivity index (χ0v) is 13.6. The van der Waals surface area contributed by atoms with E-state index in [2.05, 4.69) is 21.8 Å². The van der Waals surface area contributed by atoms with Crippen LogP contribution in [0.25, 0.3) is 16.3 Å². The highest BCUT2D eigenvalue weighted by Crippen LogP contribution is 2.26. The van der Waals surface area contributed by atoms with Gasteiger partial charge in [0.25, 0.3) is 0 Å².